The molecule has 3 nitrogen and oxygen atoms in total. The molecule has 0 aromatic heterocycles. The molecule has 20 heavy (non-hydrogen) atoms. The molecule has 1 unspecified atom stereocenters. The van der Waals surface area contributed by atoms with E-state index in [-0.39, 0.29) is 6.04 Å². The van der Waals surface area contributed by atoms with Gasteiger partial charge in [-0.15, -0.1) is 0 Å². The molecule has 4 heteroatoms. The van der Waals surface area contributed by atoms with Crippen LogP contribution in [0.25, 0.3) is 0 Å². The van der Waals surface area contributed by atoms with Crippen LogP contribution in [0.4, 0.5) is 5.69 Å². The molecule has 0 amide bonds. The first-order valence-corrected chi connectivity index (χ1v) is 7.36. The van der Waals surface area contributed by atoms with E-state index >= 15 is 0 Å². The molecule has 2 aromatic rings. The third-order valence-corrected chi connectivity index (χ3v) is 3.99. The van der Waals surface area contributed by atoms with Crippen LogP contribution >= 0.6 is 15.9 Å². The Kier molecular flexibility index (Phi) is 3.49. The van der Waals surface area contributed by atoms with Gasteiger partial charge in [-0.1, -0.05) is 51.8 Å². The van der Waals surface area contributed by atoms with Crippen LogP contribution in [0.1, 0.15) is 17.2 Å². The Morgan fingerprint density at radius 2 is 2.00 bits per heavy atom. The highest BCUT2D eigenvalue weighted by Gasteiger charge is 2.28. The summed E-state index contributed by atoms with van der Waals surface area (Å²) in [5.41, 5.74) is 9.64. The first-order valence-electron chi connectivity index (χ1n) is 6.56. The largest absolute Gasteiger partial charge is 0.369 e. The number of anilines is 1. The van der Waals surface area contributed by atoms with Gasteiger partial charge in [0.2, 0.25) is 0 Å². The van der Waals surface area contributed by atoms with E-state index in [1.807, 2.05) is 12.1 Å². The maximum atomic E-state index is 6.09. The number of aryl methyl sites for hydroxylation is 1. The van der Waals surface area contributed by atoms with E-state index in [1.165, 1.54) is 11.1 Å². The van der Waals surface area contributed by atoms with E-state index in [0.29, 0.717) is 12.5 Å². The second kappa shape index (κ2) is 5.29. The molecule has 0 aliphatic carbocycles. The highest BCUT2D eigenvalue weighted by Crippen LogP contribution is 2.32. The Morgan fingerprint density at radius 3 is 2.75 bits per heavy atom. The van der Waals surface area contributed by atoms with Gasteiger partial charge < -0.3 is 10.6 Å². The van der Waals surface area contributed by atoms with Crippen molar-refractivity contribution < 1.29 is 0 Å². The van der Waals surface area contributed by atoms with Crippen LogP contribution < -0.4 is 10.6 Å². The zero-order valence-electron chi connectivity index (χ0n) is 11.3. The number of aliphatic imine (C=N–C) groups is 1. The van der Waals surface area contributed by atoms with Gasteiger partial charge in [0.1, 0.15) is 0 Å². The smallest absolute Gasteiger partial charge is 0.196 e. The normalized spacial score (nSPS) is 18.2. The van der Waals surface area contributed by atoms with Gasteiger partial charge in [-0.25, -0.2) is 0 Å². The summed E-state index contributed by atoms with van der Waals surface area (Å²) in [5.74, 6) is 0.578. The lowest BCUT2D eigenvalue weighted by Crippen LogP contribution is -2.36. The summed E-state index contributed by atoms with van der Waals surface area (Å²) in [4.78, 5) is 6.51. The number of halogens is 1. The van der Waals surface area contributed by atoms with Gasteiger partial charge in [-0.3, -0.25) is 4.99 Å². The monoisotopic (exact) mass is 329 g/mol. The molecule has 102 valence electrons. The van der Waals surface area contributed by atoms with Gasteiger partial charge >= 0.3 is 0 Å². The number of guanidine groups is 1. The summed E-state index contributed by atoms with van der Waals surface area (Å²) in [5, 5.41) is 0. The molecule has 1 aliphatic rings. The maximum absolute atomic E-state index is 6.09. The number of rotatable bonds is 2. The molecule has 1 aliphatic heterocycles. The lowest BCUT2D eigenvalue weighted by Gasteiger charge is -2.27. The average Bonchev–Trinajstić information content (AvgIpc) is 2.80. The fourth-order valence-corrected chi connectivity index (χ4v) is 2.95. The fraction of sp³-hybridized carbons (Fsp3) is 0.188. The second-order valence-electron chi connectivity index (χ2n) is 4.98. The maximum Gasteiger partial charge on any atom is 0.196 e. The van der Waals surface area contributed by atoms with Crippen molar-refractivity contribution in [2.24, 2.45) is 10.7 Å². The summed E-state index contributed by atoms with van der Waals surface area (Å²) in [6.07, 6.45) is 0. The quantitative estimate of drug-likeness (QED) is 0.913. The molecule has 1 heterocycles. The Hall–Kier alpha value is -1.81. The molecule has 0 spiro atoms. The molecule has 0 radical (unpaired) electrons. The standard InChI is InChI=1S/C16H16BrN3/c1-11-4-2-5-12(8-11)15-10-19-16(18)20(15)14-7-3-6-13(17)9-14/h2-9,15H,10H2,1H3,(H2,18,19). The van der Waals surface area contributed by atoms with Gasteiger partial charge in [0.15, 0.2) is 5.96 Å². The third-order valence-electron chi connectivity index (χ3n) is 3.50. The van der Waals surface area contributed by atoms with Gasteiger partial charge in [-0.2, -0.15) is 0 Å². The van der Waals surface area contributed by atoms with Crippen molar-refractivity contribution >= 4 is 27.6 Å². The van der Waals surface area contributed by atoms with E-state index in [2.05, 4.69) is 69.1 Å². The molecule has 0 saturated heterocycles. The first kappa shape index (κ1) is 13.2. The number of nitrogens with zero attached hydrogens (tertiary/aromatic N) is 2. The van der Waals surface area contributed by atoms with Crippen molar-refractivity contribution in [2.45, 2.75) is 13.0 Å². The molecule has 3 rings (SSSR count). The van der Waals surface area contributed by atoms with Gasteiger partial charge in [-0.05, 0) is 30.7 Å². The van der Waals surface area contributed by atoms with E-state index in [9.17, 15) is 0 Å². The van der Waals surface area contributed by atoms with Crippen molar-refractivity contribution in [3.8, 4) is 0 Å². The minimum Gasteiger partial charge on any atom is -0.369 e. The zero-order valence-corrected chi connectivity index (χ0v) is 12.8. The fourth-order valence-electron chi connectivity index (χ4n) is 2.57. The Balaban J connectivity index is 2.00. The molecular formula is C16H16BrN3. The van der Waals surface area contributed by atoms with Crippen LogP contribution in [0.15, 0.2) is 58.0 Å². The molecule has 2 aromatic carbocycles. The highest BCUT2D eigenvalue weighted by atomic mass is 79.9. The van der Waals surface area contributed by atoms with Crippen molar-refractivity contribution in [1.29, 1.82) is 0 Å². The SMILES string of the molecule is Cc1cccc(C2CN=C(N)N2c2cccc(Br)c2)c1. The average molecular weight is 330 g/mol. The Bertz CT molecular complexity index is 666. The van der Waals surface area contributed by atoms with Crippen molar-refractivity contribution in [1.82, 2.24) is 0 Å². The van der Waals surface area contributed by atoms with E-state index < -0.39 is 0 Å². The van der Waals surface area contributed by atoms with Crippen LogP contribution in [0.5, 0.6) is 0 Å². The molecule has 0 fully saturated rings. The summed E-state index contributed by atoms with van der Waals surface area (Å²) < 4.78 is 1.04. The predicted molar refractivity (Wildman–Crippen MR) is 87.0 cm³/mol. The summed E-state index contributed by atoms with van der Waals surface area (Å²) >= 11 is 3.51. The highest BCUT2D eigenvalue weighted by molar-refractivity contribution is 9.10. The Morgan fingerprint density at radius 1 is 1.20 bits per heavy atom. The minimum absolute atomic E-state index is 0.171. The van der Waals surface area contributed by atoms with E-state index in [4.69, 9.17) is 5.73 Å². The van der Waals surface area contributed by atoms with Crippen LogP contribution in [-0.2, 0) is 0 Å². The summed E-state index contributed by atoms with van der Waals surface area (Å²) in [6.45, 7) is 2.80. The van der Waals surface area contributed by atoms with E-state index in [1.54, 1.807) is 0 Å². The summed E-state index contributed by atoms with van der Waals surface area (Å²) in [7, 11) is 0. The summed E-state index contributed by atoms with van der Waals surface area (Å²) in [6, 6.07) is 16.8. The zero-order chi connectivity index (χ0) is 14.1. The number of nitrogens with two attached hydrogens (primary N) is 1. The van der Waals surface area contributed by atoms with Gasteiger partial charge in [0, 0.05) is 10.2 Å². The van der Waals surface area contributed by atoms with Crippen molar-refractivity contribution in [2.75, 3.05) is 11.4 Å². The van der Waals surface area contributed by atoms with Crippen molar-refractivity contribution in [3.63, 3.8) is 0 Å². The molecule has 0 saturated carbocycles. The van der Waals surface area contributed by atoms with Crippen LogP contribution in [0, 0.1) is 6.92 Å². The van der Waals surface area contributed by atoms with E-state index in [0.717, 1.165) is 10.2 Å². The lowest BCUT2D eigenvalue weighted by molar-refractivity contribution is 0.767. The number of benzene rings is 2. The van der Waals surface area contributed by atoms with Crippen LogP contribution in [0.3, 0.4) is 0 Å². The van der Waals surface area contributed by atoms with Crippen LogP contribution in [-0.4, -0.2) is 12.5 Å². The van der Waals surface area contributed by atoms with Crippen LogP contribution in [0.2, 0.25) is 0 Å². The minimum atomic E-state index is 0.171. The molecule has 0 bridgehead atoms. The lowest BCUT2D eigenvalue weighted by atomic mass is 10.0. The first-order chi connectivity index (χ1) is 9.65. The molecule has 1 atom stereocenters. The number of hydrogen-bond donors (Lipinski definition) is 1. The van der Waals surface area contributed by atoms with Gasteiger partial charge in [0.05, 0.1) is 12.6 Å². The molecule has 2 N–H and O–H groups in total. The topological polar surface area (TPSA) is 41.6 Å². The third kappa shape index (κ3) is 2.43. The Labute approximate surface area is 127 Å². The number of hydrogen-bond acceptors (Lipinski definition) is 3. The second-order valence-corrected chi connectivity index (χ2v) is 5.89. The predicted octanol–water partition coefficient (Wildman–Crippen LogP) is 3.63. The van der Waals surface area contributed by atoms with Gasteiger partial charge in [0.25, 0.3) is 0 Å². The van der Waals surface area contributed by atoms with Crippen molar-refractivity contribution in [3.05, 3.63) is 64.1 Å². The molecular weight excluding hydrogens is 314 g/mol.